The van der Waals surface area contributed by atoms with E-state index in [1.165, 1.54) is 6.92 Å². The first-order chi connectivity index (χ1) is 9.43. The van der Waals surface area contributed by atoms with Gasteiger partial charge in [-0.05, 0) is 43.0 Å². The van der Waals surface area contributed by atoms with Gasteiger partial charge in [0.1, 0.15) is 0 Å². The zero-order valence-electron chi connectivity index (χ0n) is 12.4. The summed E-state index contributed by atoms with van der Waals surface area (Å²) in [6.07, 6.45) is 2.59. The van der Waals surface area contributed by atoms with Crippen molar-refractivity contribution in [3.63, 3.8) is 0 Å². The number of nitrogens with two attached hydrogens (primary N) is 1. The van der Waals surface area contributed by atoms with Crippen LogP contribution >= 0.6 is 24.2 Å². The molecular formula is C14H22ClN3O2S. The summed E-state index contributed by atoms with van der Waals surface area (Å²) in [4.78, 5) is 23.2. The van der Waals surface area contributed by atoms with E-state index in [-0.39, 0.29) is 24.2 Å². The minimum absolute atomic E-state index is 0. The molecule has 7 heteroatoms. The first-order valence-electron chi connectivity index (χ1n) is 6.37. The summed E-state index contributed by atoms with van der Waals surface area (Å²) in [5, 5.41) is 5.47. The molecule has 0 fully saturated rings. The van der Waals surface area contributed by atoms with Gasteiger partial charge in [0.15, 0.2) is 0 Å². The molecule has 1 rings (SSSR count). The monoisotopic (exact) mass is 331 g/mol. The van der Waals surface area contributed by atoms with Crippen LogP contribution in [0.1, 0.15) is 18.9 Å². The molecule has 5 nitrogen and oxygen atoms in total. The predicted molar refractivity (Wildman–Crippen MR) is 92.3 cm³/mol. The second-order valence-corrected chi connectivity index (χ2v) is 5.59. The van der Waals surface area contributed by atoms with E-state index in [1.54, 1.807) is 17.8 Å². The number of carbonyl (C=O) groups is 2. The molecule has 1 aromatic rings. The normalized spacial score (nSPS) is 11.2. The van der Waals surface area contributed by atoms with E-state index in [9.17, 15) is 9.59 Å². The molecule has 0 saturated heterocycles. The fourth-order valence-electron chi connectivity index (χ4n) is 1.66. The Morgan fingerprint density at radius 2 is 1.95 bits per heavy atom. The molecule has 0 aliphatic rings. The third-order valence-electron chi connectivity index (χ3n) is 2.71. The maximum absolute atomic E-state index is 12.0. The molecule has 0 bridgehead atoms. The zero-order valence-corrected chi connectivity index (χ0v) is 14.1. The molecule has 0 aromatic heterocycles. The van der Waals surface area contributed by atoms with Crippen molar-refractivity contribution < 1.29 is 9.59 Å². The second kappa shape index (κ2) is 9.65. The van der Waals surface area contributed by atoms with Crippen LogP contribution in [0, 0.1) is 6.92 Å². The molecule has 21 heavy (non-hydrogen) atoms. The van der Waals surface area contributed by atoms with Gasteiger partial charge >= 0.3 is 0 Å². The lowest BCUT2D eigenvalue weighted by atomic mass is 10.1. The minimum atomic E-state index is -0.548. The average molecular weight is 332 g/mol. The Balaban J connectivity index is 0.00000400. The summed E-state index contributed by atoms with van der Waals surface area (Å²) in [5.74, 6) is 0.410. The summed E-state index contributed by atoms with van der Waals surface area (Å²) in [5.41, 5.74) is 7.97. The molecule has 1 atom stereocenters. The first-order valence-corrected chi connectivity index (χ1v) is 7.77. The minimum Gasteiger partial charge on any atom is -0.325 e. The predicted octanol–water partition coefficient (Wildman–Crippen LogP) is 2.39. The number of aryl methyl sites for hydroxylation is 1. The van der Waals surface area contributed by atoms with Gasteiger partial charge in [0.25, 0.3) is 0 Å². The highest BCUT2D eigenvalue weighted by atomic mass is 35.5. The van der Waals surface area contributed by atoms with Crippen molar-refractivity contribution in [2.75, 3.05) is 22.6 Å². The van der Waals surface area contributed by atoms with Crippen LogP contribution in [0.25, 0.3) is 0 Å². The van der Waals surface area contributed by atoms with Crippen LogP contribution in [0.15, 0.2) is 18.2 Å². The standard InChI is InChI=1S/C14H21N3O2S.ClH/c1-9-4-5-12(16-10(2)18)13(8-9)17-14(19)11(15)6-7-20-3;/h4-5,8,11H,6-7,15H2,1-3H3,(H,16,18)(H,17,19);1H/t11-;/m0./s1. The Bertz CT molecular complexity index is 497. The highest BCUT2D eigenvalue weighted by Crippen LogP contribution is 2.23. The Labute approximate surface area is 135 Å². The second-order valence-electron chi connectivity index (χ2n) is 4.61. The van der Waals surface area contributed by atoms with Crippen molar-refractivity contribution in [2.45, 2.75) is 26.3 Å². The van der Waals surface area contributed by atoms with Gasteiger partial charge in [0.05, 0.1) is 17.4 Å². The molecule has 2 amide bonds. The maximum Gasteiger partial charge on any atom is 0.241 e. The van der Waals surface area contributed by atoms with Crippen LogP contribution in [0.2, 0.25) is 0 Å². The van der Waals surface area contributed by atoms with Crippen LogP contribution in [0.3, 0.4) is 0 Å². The maximum atomic E-state index is 12.0. The SMILES string of the molecule is CSCC[C@H](N)C(=O)Nc1cc(C)ccc1NC(C)=O.Cl. The first kappa shape index (κ1) is 19.8. The number of anilines is 2. The van der Waals surface area contributed by atoms with Gasteiger partial charge in [-0.3, -0.25) is 9.59 Å². The van der Waals surface area contributed by atoms with E-state index in [4.69, 9.17) is 5.73 Å². The number of hydrogen-bond acceptors (Lipinski definition) is 4. The average Bonchev–Trinajstić information content (AvgIpc) is 2.38. The summed E-state index contributed by atoms with van der Waals surface area (Å²) in [6, 6.07) is 4.90. The van der Waals surface area contributed by atoms with Crippen molar-refractivity contribution in [1.29, 1.82) is 0 Å². The van der Waals surface area contributed by atoms with E-state index in [0.29, 0.717) is 17.8 Å². The molecule has 0 radical (unpaired) electrons. The number of rotatable bonds is 6. The highest BCUT2D eigenvalue weighted by molar-refractivity contribution is 7.98. The molecule has 0 unspecified atom stereocenters. The topological polar surface area (TPSA) is 84.2 Å². The lowest BCUT2D eigenvalue weighted by Gasteiger charge is -2.15. The van der Waals surface area contributed by atoms with Gasteiger partial charge < -0.3 is 16.4 Å². The summed E-state index contributed by atoms with van der Waals surface area (Å²) >= 11 is 1.65. The van der Waals surface area contributed by atoms with E-state index in [2.05, 4.69) is 10.6 Å². The highest BCUT2D eigenvalue weighted by Gasteiger charge is 2.15. The Kier molecular flexibility index (Phi) is 9.08. The zero-order chi connectivity index (χ0) is 15.1. The fourth-order valence-corrected chi connectivity index (χ4v) is 2.15. The third-order valence-corrected chi connectivity index (χ3v) is 3.36. The molecule has 0 heterocycles. The Morgan fingerprint density at radius 1 is 1.29 bits per heavy atom. The van der Waals surface area contributed by atoms with E-state index >= 15 is 0 Å². The largest absolute Gasteiger partial charge is 0.325 e. The van der Waals surface area contributed by atoms with Gasteiger partial charge in [-0.1, -0.05) is 6.07 Å². The lowest BCUT2D eigenvalue weighted by molar-refractivity contribution is -0.117. The number of thioether (sulfide) groups is 1. The van der Waals surface area contributed by atoms with Crippen LogP contribution in [-0.2, 0) is 9.59 Å². The number of amides is 2. The van der Waals surface area contributed by atoms with Crippen LogP contribution in [0.5, 0.6) is 0 Å². The molecule has 0 saturated carbocycles. The van der Waals surface area contributed by atoms with Crippen LogP contribution in [0.4, 0.5) is 11.4 Å². The van der Waals surface area contributed by atoms with E-state index < -0.39 is 6.04 Å². The molecule has 0 spiro atoms. The lowest BCUT2D eigenvalue weighted by Crippen LogP contribution is -2.36. The molecule has 0 aliphatic heterocycles. The van der Waals surface area contributed by atoms with Crippen molar-refractivity contribution >= 4 is 47.4 Å². The number of nitrogens with one attached hydrogen (secondary N) is 2. The van der Waals surface area contributed by atoms with Gasteiger partial charge in [-0.15, -0.1) is 12.4 Å². The van der Waals surface area contributed by atoms with E-state index in [0.717, 1.165) is 11.3 Å². The Morgan fingerprint density at radius 3 is 2.52 bits per heavy atom. The van der Waals surface area contributed by atoms with Crippen LogP contribution < -0.4 is 16.4 Å². The van der Waals surface area contributed by atoms with Crippen molar-refractivity contribution in [1.82, 2.24) is 0 Å². The van der Waals surface area contributed by atoms with Crippen molar-refractivity contribution in [3.05, 3.63) is 23.8 Å². The van der Waals surface area contributed by atoms with Crippen LogP contribution in [-0.4, -0.2) is 29.9 Å². The number of carbonyl (C=O) groups excluding carboxylic acids is 2. The summed E-state index contributed by atoms with van der Waals surface area (Å²) in [7, 11) is 0. The van der Waals surface area contributed by atoms with Gasteiger partial charge in [-0.25, -0.2) is 0 Å². The Hall–Kier alpha value is -1.24. The number of halogens is 1. The molecule has 4 N–H and O–H groups in total. The van der Waals surface area contributed by atoms with Crippen molar-refractivity contribution in [3.8, 4) is 0 Å². The molecule has 118 valence electrons. The molecule has 0 aliphatic carbocycles. The molecular weight excluding hydrogens is 310 g/mol. The van der Waals surface area contributed by atoms with Gasteiger partial charge in [0.2, 0.25) is 11.8 Å². The third kappa shape index (κ3) is 6.84. The van der Waals surface area contributed by atoms with Crippen molar-refractivity contribution in [2.24, 2.45) is 5.73 Å². The van der Waals surface area contributed by atoms with Gasteiger partial charge in [-0.2, -0.15) is 11.8 Å². The summed E-state index contributed by atoms with van der Waals surface area (Å²) in [6.45, 7) is 3.34. The number of benzene rings is 1. The quantitative estimate of drug-likeness (QED) is 0.747. The van der Waals surface area contributed by atoms with E-state index in [1.807, 2.05) is 25.3 Å². The fraction of sp³-hybridized carbons (Fsp3) is 0.429. The number of hydrogen-bond donors (Lipinski definition) is 3. The van der Waals surface area contributed by atoms with Gasteiger partial charge in [0, 0.05) is 6.92 Å². The smallest absolute Gasteiger partial charge is 0.241 e. The summed E-state index contributed by atoms with van der Waals surface area (Å²) < 4.78 is 0. The molecule has 1 aromatic carbocycles.